The van der Waals surface area contributed by atoms with Crippen molar-refractivity contribution in [1.82, 2.24) is 0 Å². The smallest absolute Gasteiger partial charge is 0.229 e. The van der Waals surface area contributed by atoms with E-state index in [1.165, 1.54) is 0 Å². The van der Waals surface area contributed by atoms with E-state index in [9.17, 15) is 4.79 Å². The Morgan fingerprint density at radius 3 is 2.60 bits per heavy atom. The molecule has 2 nitrogen and oxygen atoms in total. The Bertz CT molecular complexity index is 815. The van der Waals surface area contributed by atoms with Crippen LogP contribution in [0, 0.1) is 13.8 Å². The maximum absolute atomic E-state index is 12.5. The first kappa shape index (κ1) is 12.9. The summed E-state index contributed by atoms with van der Waals surface area (Å²) < 4.78 is 5.69. The quantitative estimate of drug-likeness (QED) is 0.624. The van der Waals surface area contributed by atoms with Gasteiger partial charge in [0.05, 0.1) is 5.02 Å². The third-order valence-electron chi connectivity index (χ3n) is 3.33. The molecule has 0 N–H and O–H groups in total. The summed E-state index contributed by atoms with van der Waals surface area (Å²) in [5.74, 6) is 0.130. The molecule has 0 bridgehead atoms. The molecule has 0 aliphatic rings. The molecule has 0 atom stereocenters. The molecule has 20 heavy (non-hydrogen) atoms. The Morgan fingerprint density at radius 2 is 1.90 bits per heavy atom. The molecule has 0 saturated carbocycles. The lowest BCUT2D eigenvalue weighted by Crippen LogP contribution is -2.00. The van der Waals surface area contributed by atoms with Crippen LogP contribution in [-0.2, 0) is 0 Å². The maximum atomic E-state index is 12.5. The third kappa shape index (κ3) is 2.12. The van der Waals surface area contributed by atoms with Gasteiger partial charge in [-0.25, -0.2) is 0 Å². The average Bonchev–Trinajstić information content (AvgIpc) is 2.83. The van der Waals surface area contributed by atoms with Crippen molar-refractivity contribution in [3.63, 3.8) is 0 Å². The van der Waals surface area contributed by atoms with Gasteiger partial charge >= 0.3 is 0 Å². The summed E-state index contributed by atoms with van der Waals surface area (Å²) in [6.45, 7) is 3.89. The molecule has 1 heterocycles. The van der Waals surface area contributed by atoms with Gasteiger partial charge < -0.3 is 4.42 Å². The van der Waals surface area contributed by atoms with Gasteiger partial charge in [-0.15, -0.1) is 0 Å². The molecule has 0 aliphatic heterocycles. The van der Waals surface area contributed by atoms with Crippen LogP contribution in [0.15, 0.2) is 46.9 Å². The number of carbonyl (C=O) groups is 1. The van der Waals surface area contributed by atoms with Gasteiger partial charge in [-0.2, -0.15) is 0 Å². The number of benzene rings is 2. The zero-order valence-electron chi connectivity index (χ0n) is 11.2. The number of carbonyl (C=O) groups excluding carboxylic acids is 1. The van der Waals surface area contributed by atoms with Crippen LogP contribution in [0.4, 0.5) is 0 Å². The molecular weight excluding hydrogens is 272 g/mol. The van der Waals surface area contributed by atoms with E-state index in [1.807, 2.05) is 38.1 Å². The van der Waals surface area contributed by atoms with Crippen molar-refractivity contribution in [2.45, 2.75) is 13.8 Å². The average molecular weight is 285 g/mol. The van der Waals surface area contributed by atoms with Crippen LogP contribution in [-0.4, -0.2) is 5.78 Å². The minimum Gasteiger partial charge on any atom is -0.452 e. The monoisotopic (exact) mass is 284 g/mol. The zero-order valence-corrected chi connectivity index (χ0v) is 12.0. The first-order valence-corrected chi connectivity index (χ1v) is 6.74. The second-order valence-electron chi connectivity index (χ2n) is 4.92. The summed E-state index contributed by atoms with van der Waals surface area (Å²) in [5, 5.41) is 1.38. The third-order valence-corrected chi connectivity index (χ3v) is 3.65. The van der Waals surface area contributed by atoms with Crippen LogP contribution in [0.5, 0.6) is 0 Å². The minimum absolute atomic E-state index is 0.189. The molecule has 0 unspecified atom stereocenters. The summed E-state index contributed by atoms with van der Waals surface area (Å²) in [6, 6.07) is 13.0. The summed E-state index contributed by atoms with van der Waals surface area (Å²) in [7, 11) is 0. The van der Waals surface area contributed by atoms with E-state index >= 15 is 0 Å². The fourth-order valence-electron chi connectivity index (χ4n) is 2.26. The zero-order chi connectivity index (χ0) is 14.3. The number of aryl methyl sites for hydroxylation is 2. The molecule has 3 aromatic rings. The lowest BCUT2D eigenvalue weighted by Gasteiger charge is -2.02. The van der Waals surface area contributed by atoms with Crippen LogP contribution in [0.2, 0.25) is 5.02 Å². The number of fused-ring (bicyclic) bond motifs is 1. The molecule has 1 aromatic heterocycles. The second-order valence-corrected chi connectivity index (χ2v) is 5.32. The Morgan fingerprint density at radius 1 is 1.10 bits per heavy atom. The molecule has 0 spiro atoms. The largest absolute Gasteiger partial charge is 0.452 e. The van der Waals surface area contributed by atoms with E-state index in [0.29, 0.717) is 16.3 Å². The van der Waals surface area contributed by atoms with Crippen LogP contribution < -0.4 is 0 Å². The first-order chi connectivity index (χ1) is 9.56. The van der Waals surface area contributed by atoms with E-state index in [1.54, 1.807) is 18.2 Å². The van der Waals surface area contributed by atoms with Crippen molar-refractivity contribution < 1.29 is 9.21 Å². The standard InChI is InChI=1S/C17H13ClO2/c1-10-6-7-13(14(18)8-10)16(19)15-9-12-5-3-4-11(2)17(12)20-15/h3-9H,1-2H3. The first-order valence-electron chi connectivity index (χ1n) is 6.36. The number of halogens is 1. The molecule has 0 saturated heterocycles. The number of para-hydroxylation sites is 1. The van der Waals surface area contributed by atoms with Gasteiger partial charge in [-0.05, 0) is 43.2 Å². The van der Waals surface area contributed by atoms with Gasteiger partial charge in [0.25, 0.3) is 0 Å². The van der Waals surface area contributed by atoms with Gasteiger partial charge in [-0.3, -0.25) is 4.79 Å². The molecule has 0 aliphatic carbocycles. The highest BCUT2D eigenvalue weighted by Crippen LogP contribution is 2.26. The van der Waals surface area contributed by atoms with Crippen molar-refractivity contribution in [2.75, 3.05) is 0 Å². The van der Waals surface area contributed by atoms with Crippen LogP contribution >= 0.6 is 11.6 Å². The molecule has 0 radical (unpaired) electrons. The molecule has 100 valence electrons. The lowest BCUT2D eigenvalue weighted by atomic mass is 10.1. The number of furan rings is 1. The predicted molar refractivity (Wildman–Crippen MR) is 80.6 cm³/mol. The number of ketones is 1. The molecule has 0 fully saturated rings. The Kier molecular flexibility index (Phi) is 3.11. The lowest BCUT2D eigenvalue weighted by molar-refractivity contribution is 0.101. The summed E-state index contributed by atoms with van der Waals surface area (Å²) in [5.41, 5.74) is 3.25. The van der Waals surface area contributed by atoms with Crippen molar-refractivity contribution in [3.05, 3.63) is 69.9 Å². The van der Waals surface area contributed by atoms with E-state index < -0.39 is 0 Å². The van der Waals surface area contributed by atoms with E-state index in [2.05, 4.69) is 0 Å². The van der Waals surface area contributed by atoms with Gasteiger partial charge in [0.2, 0.25) is 5.78 Å². The summed E-state index contributed by atoms with van der Waals surface area (Å²) >= 11 is 6.14. The van der Waals surface area contributed by atoms with E-state index in [0.717, 1.165) is 22.1 Å². The van der Waals surface area contributed by atoms with Gasteiger partial charge in [0.15, 0.2) is 5.76 Å². The molecule has 3 heteroatoms. The van der Waals surface area contributed by atoms with Crippen molar-refractivity contribution in [2.24, 2.45) is 0 Å². The number of rotatable bonds is 2. The summed E-state index contributed by atoms with van der Waals surface area (Å²) in [4.78, 5) is 12.5. The van der Waals surface area contributed by atoms with E-state index in [-0.39, 0.29) is 5.78 Å². The van der Waals surface area contributed by atoms with Crippen molar-refractivity contribution in [3.8, 4) is 0 Å². The van der Waals surface area contributed by atoms with Crippen molar-refractivity contribution in [1.29, 1.82) is 0 Å². The second kappa shape index (κ2) is 4.80. The van der Waals surface area contributed by atoms with Gasteiger partial charge in [-0.1, -0.05) is 35.9 Å². The SMILES string of the molecule is Cc1ccc(C(=O)c2cc3cccc(C)c3o2)c(Cl)c1. The summed E-state index contributed by atoms with van der Waals surface area (Å²) in [6.07, 6.45) is 0. The highest BCUT2D eigenvalue weighted by molar-refractivity contribution is 6.35. The Labute approximate surface area is 122 Å². The van der Waals surface area contributed by atoms with Crippen LogP contribution in [0.3, 0.4) is 0 Å². The van der Waals surface area contributed by atoms with E-state index in [4.69, 9.17) is 16.0 Å². The fraction of sp³-hybridized carbons (Fsp3) is 0.118. The van der Waals surface area contributed by atoms with Crippen molar-refractivity contribution >= 4 is 28.4 Å². The Hall–Kier alpha value is -2.06. The predicted octanol–water partition coefficient (Wildman–Crippen LogP) is 4.93. The number of hydrogen-bond donors (Lipinski definition) is 0. The Balaban J connectivity index is 2.10. The minimum atomic E-state index is -0.189. The fourth-order valence-corrected chi connectivity index (χ4v) is 2.58. The molecular formula is C17H13ClO2. The highest BCUT2D eigenvalue weighted by atomic mass is 35.5. The van der Waals surface area contributed by atoms with Crippen LogP contribution in [0.1, 0.15) is 27.2 Å². The highest BCUT2D eigenvalue weighted by Gasteiger charge is 2.17. The molecule has 2 aromatic carbocycles. The topological polar surface area (TPSA) is 30.2 Å². The van der Waals surface area contributed by atoms with Crippen LogP contribution in [0.25, 0.3) is 11.0 Å². The maximum Gasteiger partial charge on any atom is 0.229 e. The molecule has 3 rings (SSSR count). The normalized spacial score (nSPS) is 10.9. The van der Waals surface area contributed by atoms with Gasteiger partial charge in [0.1, 0.15) is 5.58 Å². The number of hydrogen-bond acceptors (Lipinski definition) is 2. The van der Waals surface area contributed by atoms with Gasteiger partial charge in [0, 0.05) is 10.9 Å². The molecule has 0 amide bonds.